The lowest BCUT2D eigenvalue weighted by atomic mass is 10.1. The van der Waals surface area contributed by atoms with E-state index in [2.05, 4.69) is 0 Å². The SMILES string of the molecule is COc1ccccc1/C=C1\Oc2c(ccc(OC(=O)c3c(OC)cccc3OC)c2C)C1=O. The zero-order valence-electron chi connectivity index (χ0n) is 18.6. The summed E-state index contributed by atoms with van der Waals surface area (Å²) in [6, 6.07) is 15.5. The zero-order valence-corrected chi connectivity index (χ0v) is 18.6. The van der Waals surface area contributed by atoms with E-state index in [1.54, 1.807) is 56.5 Å². The highest BCUT2D eigenvalue weighted by atomic mass is 16.5. The third-order valence-electron chi connectivity index (χ3n) is 5.30. The highest BCUT2D eigenvalue weighted by Gasteiger charge is 2.31. The molecule has 1 heterocycles. The smallest absolute Gasteiger partial charge is 0.351 e. The summed E-state index contributed by atoms with van der Waals surface area (Å²) in [6.07, 6.45) is 1.63. The molecule has 1 aliphatic heterocycles. The van der Waals surface area contributed by atoms with Gasteiger partial charge in [0.15, 0.2) is 5.76 Å². The fraction of sp³-hybridized carbons (Fsp3) is 0.154. The van der Waals surface area contributed by atoms with Gasteiger partial charge >= 0.3 is 5.97 Å². The van der Waals surface area contributed by atoms with Gasteiger partial charge in [0.2, 0.25) is 5.78 Å². The van der Waals surface area contributed by atoms with Gasteiger partial charge in [-0.25, -0.2) is 4.79 Å². The monoisotopic (exact) mass is 446 g/mol. The summed E-state index contributed by atoms with van der Waals surface area (Å²) >= 11 is 0. The first kappa shape index (κ1) is 22.0. The van der Waals surface area contributed by atoms with Gasteiger partial charge in [-0.1, -0.05) is 24.3 Å². The van der Waals surface area contributed by atoms with E-state index in [0.29, 0.717) is 39.7 Å². The molecule has 0 saturated carbocycles. The van der Waals surface area contributed by atoms with Gasteiger partial charge in [0.05, 0.1) is 26.9 Å². The predicted molar refractivity (Wildman–Crippen MR) is 122 cm³/mol. The number of allylic oxidation sites excluding steroid dienone is 1. The number of benzene rings is 3. The van der Waals surface area contributed by atoms with Crippen LogP contribution in [0.25, 0.3) is 6.08 Å². The Morgan fingerprint density at radius 2 is 1.45 bits per heavy atom. The highest BCUT2D eigenvalue weighted by Crippen LogP contribution is 2.40. The first-order valence-electron chi connectivity index (χ1n) is 10.1. The molecule has 4 rings (SSSR count). The van der Waals surface area contributed by atoms with Gasteiger partial charge in [-0.05, 0) is 43.3 Å². The van der Waals surface area contributed by atoms with Crippen molar-refractivity contribution in [3.63, 3.8) is 0 Å². The van der Waals surface area contributed by atoms with Gasteiger partial charge in [-0.2, -0.15) is 0 Å². The van der Waals surface area contributed by atoms with Crippen LogP contribution in [0, 0.1) is 6.92 Å². The van der Waals surface area contributed by atoms with Crippen LogP contribution >= 0.6 is 0 Å². The lowest BCUT2D eigenvalue weighted by Gasteiger charge is -2.14. The molecule has 7 nitrogen and oxygen atoms in total. The fourth-order valence-electron chi connectivity index (χ4n) is 3.61. The fourth-order valence-corrected chi connectivity index (χ4v) is 3.61. The molecule has 7 heteroatoms. The molecule has 33 heavy (non-hydrogen) atoms. The molecule has 3 aromatic rings. The molecular formula is C26H22O7. The summed E-state index contributed by atoms with van der Waals surface area (Å²) < 4.78 is 27.4. The minimum Gasteiger partial charge on any atom is -0.496 e. The molecule has 0 atom stereocenters. The second kappa shape index (κ2) is 9.08. The second-order valence-electron chi connectivity index (χ2n) is 7.17. The largest absolute Gasteiger partial charge is 0.496 e. The molecule has 0 aromatic heterocycles. The molecule has 1 aliphatic rings. The Balaban J connectivity index is 1.66. The van der Waals surface area contributed by atoms with Crippen molar-refractivity contribution in [1.82, 2.24) is 0 Å². The topological polar surface area (TPSA) is 80.3 Å². The first-order valence-corrected chi connectivity index (χ1v) is 10.1. The number of methoxy groups -OCH3 is 3. The molecular weight excluding hydrogens is 424 g/mol. The van der Waals surface area contributed by atoms with Crippen LogP contribution < -0.4 is 23.7 Å². The van der Waals surface area contributed by atoms with E-state index in [1.807, 2.05) is 18.2 Å². The molecule has 0 amide bonds. The first-order chi connectivity index (χ1) is 16.0. The minimum absolute atomic E-state index is 0.160. The molecule has 3 aromatic carbocycles. The third kappa shape index (κ3) is 4.01. The van der Waals surface area contributed by atoms with E-state index in [1.165, 1.54) is 14.2 Å². The summed E-state index contributed by atoms with van der Waals surface area (Å²) in [4.78, 5) is 25.9. The van der Waals surface area contributed by atoms with Crippen molar-refractivity contribution in [2.45, 2.75) is 6.92 Å². The number of carbonyl (C=O) groups is 2. The van der Waals surface area contributed by atoms with Gasteiger partial charge in [-0.3, -0.25) is 4.79 Å². The van der Waals surface area contributed by atoms with Crippen LogP contribution in [0.15, 0.2) is 60.4 Å². The maximum absolute atomic E-state index is 13.0. The average Bonchev–Trinajstić information content (AvgIpc) is 3.16. The van der Waals surface area contributed by atoms with E-state index >= 15 is 0 Å². The third-order valence-corrected chi connectivity index (χ3v) is 5.30. The number of ketones is 1. The number of ether oxygens (including phenoxy) is 5. The lowest BCUT2D eigenvalue weighted by Crippen LogP contribution is -2.12. The molecule has 0 fully saturated rings. The van der Waals surface area contributed by atoms with Crippen LogP contribution in [-0.4, -0.2) is 33.1 Å². The molecule has 0 radical (unpaired) electrons. The minimum atomic E-state index is -0.651. The number of Topliss-reactive ketones (excluding diaryl/α,β-unsaturated/α-hetero) is 1. The number of rotatable bonds is 6. The Kier molecular flexibility index (Phi) is 6.04. The van der Waals surface area contributed by atoms with Gasteiger partial charge in [-0.15, -0.1) is 0 Å². The Labute approximate surface area is 191 Å². The Morgan fingerprint density at radius 1 is 0.818 bits per heavy atom. The Bertz CT molecular complexity index is 1250. The summed E-state index contributed by atoms with van der Waals surface area (Å²) in [5.41, 5.74) is 1.79. The number of carbonyl (C=O) groups excluding carboxylic acids is 2. The maximum Gasteiger partial charge on any atom is 0.351 e. The Morgan fingerprint density at radius 3 is 2.12 bits per heavy atom. The van der Waals surface area contributed by atoms with Gasteiger partial charge in [0, 0.05) is 11.1 Å². The maximum atomic E-state index is 13.0. The predicted octanol–water partition coefficient (Wildman–Crippen LogP) is 4.86. The van der Waals surface area contributed by atoms with Crippen molar-refractivity contribution in [1.29, 1.82) is 0 Å². The molecule has 0 bridgehead atoms. The number of esters is 1. The van der Waals surface area contributed by atoms with E-state index in [-0.39, 0.29) is 22.9 Å². The highest BCUT2D eigenvalue weighted by molar-refractivity contribution is 6.15. The molecule has 0 unspecified atom stereocenters. The summed E-state index contributed by atoms with van der Waals surface area (Å²) in [5, 5.41) is 0. The summed E-state index contributed by atoms with van der Waals surface area (Å²) in [5.74, 6) is 1.13. The molecule has 168 valence electrons. The molecule has 0 aliphatic carbocycles. The normalized spacial score (nSPS) is 13.3. The van der Waals surface area contributed by atoms with Crippen LogP contribution in [-0.2, 0) is 0 Å². The van der Waals surface area contributed by atoms with Gasteiger partial charge in [0.25, 0.3) is 0 Å². The standard InChI is InChI=1S/C26H22O7/c1-15-18(33-26(28)23-20(30-3)10-7-11-21(23)31-4)13-12-17-24(27)22(32-25(15)17)14-16-8-5-6-9-19(16)29-2/h5-14H,1-4H3/b22-14-. The van der Waals surface area contributed by atoms with Crippen LogP contribution in [0.4, 0.5) is 0 Å². The Hall–Kier alpha value is -4.26. The summed E-state index contributed by atoms with van der Waals surface area (Å²) in [6.45, 7) is 1.72. The molecule has 0 saturated heterocycles. The van der Waals surface area contributed by atoms with Gasteiger partial charge in [0.1, 0.15) is 34.3 Å². The van der Waals surface area contributed by atoms with E-state index in [9.17, 15) is 9.59 Å². The van der Waals surface area contributed by atoms with E-state index in [4.69, 9.17) is 23.7 Å². The van der Waals surface area contributed by atoms with Crippen molar-refractivity contribution in [2.75, 3.05) is 21.3 Å². The van der Waals surface area contributed by atoms with E-state index in [0.717, 1.165) is 0 Å². The average molecular weight is 446 g/mol. The zero-order chi connectivity index (χ0) is 23.5. The van der Waals surface area contributed by atoms with Crippen molar-refractivity contribution in [3.05, 3.63) is 82.6 Å². The van der Waals surface area contributed by atoms with Crippen molar-refractivity contribution in [2.24, 2.45) is 0 Å². The van der Waals surface area contributed by atoms with Crippen molar-refractivity contribution >= 4 is 17.8 Å². The number of hydrogen-bond acceptors (Lipinski definition) is 7. The van der Waals surface area contributed by atoms with E-state index < -0.39 is 5.97 Å². The summed E-state index contributed by atoms with van der Waals surface area (Å²) in [7, 11) is 4.48. The van der Waals surface area contributed by atoms with Gasteiger partial charge < -0.3 is 23.7 Å². The number of para-hydroxylation sites is 1. The molecule has 0 spiro atoms. The number of fused-ring (bicyclic) bond motifs is 1. The van der Waals surface area contributed by atoms with Crippen LogP contribution in [0.3, 0.4) is 0 Å². The quantitative estimate of drug-likeness (QED) is 0.304. The lowest BCUT2D eigenvalue weighted by molar-refractivity contribution is 0.0726. The molecule has 0 N–H and O–H groups in total. The second-order valence-corrected chi connectivity index (χ2v) is 7.17. The van der Waals surface area contributed by atoms with Crippen LogP contribution in [0.5, 0.6) is 28.7 Å². The van der Waals surface area contributed by atoms with Crippen molar-refractivity contribution < 1.29 is 33.3 Å². The van der Waals surface area contributed by atoms with Crippen molar-refractivity contribution in [3.8, 4) is 28.7 Å². The van der Waals surface area contributed by atoms with Crippen LogP contribution in [0.2, 0.25) is 0 Å². The van der Waals surface area contributed by atoms with Crippen LogP contribution in [0.1, 0.15) is 31.8 Å². The number of hydrogen-bond donors (Lipinski definition) is 0.